The van der Waals surface area contributed by atoms with Crippen LogP contribution in [-0.4, -0.2) is 24.3 Å². The minimum Gasteiger partial charge on any atom is -0.484 e. The number of amides is 2. The van der Waals surface area contributed by atoms with Crippen LogP contribution in [0.3, 0.4) is 0 Å². The summed E-state index contributed by atoms with van der Waals surface area (Å²) in [6.45, 7) is 3.71. The summed E-state index contributed by atoms with van der Waals surface area (Å²) in [5.74, 6) is -0.520. The highest BCUT2D eigenvalue weighted by atomic mass is 35.5. The first kappa shape index (κ1) is 14.3. The predicted molar refractivity (Wildman–Crippen MR) is 68.4 cm³/mol. The third-order valence-electron chi connectivity index (χ3n) is 2.03. The van der Waals surface area contributed by atoms with Crippen LogP contribution < -0.4 is 15.6 Å². The molecule has 1 rings (SSSR count). The molecule has 2 N–H and O–H groups in total. The van der Waals surface area contributed by atoms with E-state index in [1.54, 1.807) is 0 Å². The molecule has 1 aromatic carbocycles. The Bertz CT molecular complexity index is 429. The van der Waals surface area contributed by atoms with Crippen molar-refractivity contribution in [3.63, 3.8) is 0 Å². The topological polar surface area (TPSA) is 67.4 Å². The minimum atomic E-state index is -0.476. The summed E-state index contributed by atoms with van der Waals surface area (Å²) in [6.07, 6.45) is 0. The lowest BCUT2D eigenvalue weighted by molar-refractivity contribution is -0.128. The summed E-state index contributed by atoms with van der Waals surface area (Å²) in [4.78, 5) is 22.1. The third-order valence-corrected chi connectivity index (χ3v) is 2.27. The molecule has 1 aromatic rings. The second kappa shape index (κ2) is 6.86. The van der Waals surface area contributed by atoms with Crippen molar-refractivity contribution in [2.24, 2.45) is 0 Å². The van der Waals surface area contributed by atoms with Gasteiger partial charge in [0, 0.05) is 0 Å². The molecule has 0 aliphatic rings. The normalized spacial score (nSPS) is 9.72. The standard InChI is InChI=1S/C12H15ClN2O3/c1-8-3-9(2)5-10(4-8)18-7-12(17)15-14-11(16)6-13/h3-5H,6-7H2,1-2H3,(H,14,16)(H,15,17). The van der Waals surface area contributed by atoms with Gasteiger partial charge in [-0.25, -0.2) is 0 Å². The molecule has 0 saturated carbocycles. The number of halogens is 1. The summed E-state index contributed by atoms with van der Waals surface area (Å²) in [7, 11) is 0. The van der Waals surface area contributed by atoms with E-state index in [0.29, 0.717) is 5.75 Å². The number of carbonyl (C=O) groups excluding carboxylic acids is 2. The molecule has 0 atom stereocenters. The lowest BCUT2D eigenvalue weighted by Crippen LogP contribution is -2.44. The van der Waals surface area contributed by atoms with Gasteiger partial charge in [-0.15, -0.1) is 11.6 Å². The van der Waals surface area contributed by atoms with Crippen LogP contribution in [0.5, 0.6) is 5.75 Å². The van der Waals surface area contributed by atoms with Crippen LogP contribution in [0.15, 0.2) is 18.2 Å². The van der Waals surface area contributed by atoms with Crippen molar-refractivity contribution in [3.8, 4) is 5.75 Å². The highest BCUT2D eigenvalue weighted by molar-refractivity contribution is 6.27. The monoisotopic (exact) mass is 270 g/mol. The number of alkyl halides is 1. The fraction of sp³-hybridized carbons (Fsp3) is 0.333. The second-order valence-electron chi connectivity index (χ2n) is 3.84. The van der Waals surface area contributed by atoms with Gasteiger partial charge in [0.25, 0.3) is 11.8 Å². The average Bonchev–Trinajstić information content (AvgIpc) is 2.32. The fourth-order valence-corrected chi connectivity index (χ4v) is 1.44. The van der Waals surface area contributed by atoms with Crippen molar-refractivity contribution in [1.29, 1.82) is 0 Å². The Morgan fingerprint density at radius 3 is 2.22 bits per heavy atom. The maximum Gasteiger partial charge on any atom is 0.276 e. The number of carbonyl (C=O) groups is 2. The Kier molecular flexibility index (Phi) is 5.45. The van der Waals surface area contributed by atoms with Crippen molar-refractivity contribution in [2.45, 2.75) is 13.8 Å². The summed E-state index contributed by atoms with van der Waals surface area (Å²) < 4.78 is 5.30. The van der Waals surface area contributed by atoms with Gasteiger partial charge in [-0.3, -0.25) is 20.4 Å². The van der Waals surface area contributed by atoms with Crippen LogP contribution in [0.2, 0.25) is 0 Å². The van der Waals surface area contributed by atoms with Gasteiger partial charge in [-0.1, -0.05) is 6.07 Å². The quantitative estimate of drug-likeness (QED) is 0.635. The van der Waals surface area contributed by atoms with E-state index < -0.39 is 11.8 Å². The molecule has 98 valence electrons. The van der Waals surface area contributed by atoms with E-state index in [9.17, 15) is 9.59 Å². The molecule has 18 heavy (non-hydrogen) atoms. The maximum absolute atomic E-state index is 11.3. The van der Waals surface area contributed by atoms with E-state index in [2.05, 4.69) is 10.9 Å². The van der Waals surface area contributed by atoms with E-state index in [1.807, 2.05) is 32.0 Å². The van der Waals surface area contributed by atoms with Crippen LogP contribution in [0.25, 0.3) is 0 Å². The number of ether oxygens (including phenoxy) is 1. The van der Waals surface area contributed by atoms with Gasteiger partial charge < -0.3 is 4.74 Å². The van der Waals surface area contributed by atoms with E-state index >= 15 is 0 Å². The Labute approximate surface area is 110 Å². The molecule has 0 saturated heterocycles. The SMILES string of the molecule is Cc1cc(C)cc(OCC(=O)NNC(=O)CCl)c1. The molecule has 0 unspecified atom stereocenters. The number of hydrogen-bond donors (Lipinski definition) is 2. The summed E-state index contributed by atoms with van der Waals surface area (Å²) in [6, 6.07) is 5.67. The first-order chi connectivity index (χ1) is 8.51. The Balaban J connectivity index is 2.40. The molecule has 0 heterocycles. The van der Waals surface area contributed by atoms with E-state index in [4.69, 9.17) is 16.3 Å². The molecule has 0 spiro atoms. The van der Waals surface area contributed by atoms with Gasteiger partial charge in [0.15, 0.2) is 6.61 Å². The average molecular weight is 271 g/mol. The molecule has 5 nitrogen and oxygen atoms in total. The lowest BCUT2D eigenvalue weighted by atomic mass is 10.1. The fourth-order valence-electron chi connectivity index (χ4n) is 1.37. The zero-order valence-electron chi connectivity index (χ0n) is 10.2. The molecule has 0 aromatic heterocycles. The molecule has 0 aliphatic carbocycles. The molecular weight excluding hydrogens is 256 g/mol. The van der Waals surface area contributed by atoms with Crippen LogP contribution >= 0.6 is 11.6 Å². The number of hydrazine groups is 1. The van der Waals surface area contributed by atoms with Gasteiger partial charge >= 0.3 is 0 Å². The van der Waals surface area contributed by atoms with Crippen molar-refractivity contribution in [3.05, 3.63) is 29.3 Å². The zero-order chi connectivity index (χ0) is 13.5. The maximum atomic E-state index is 11.3. The molecule has 0 bridgehead atoms. The van der Waals surface area contributed by atoms with E-state index in [1.165, 1.54) is 0 Å². The van der Waals surface area contributed by atoms with E-state index in [-0.39, 0.29) is 12.5 Å². The van der Waals surface area contributed by atoms with Crippen molar-refractivity contribution in [1.82, 2.24) is 10.9 Å². The summed E-state index contributed by atoms with van der Waals surface area (Å²) in [5, 5.41) is 0. The van der Waals surface area contributed by atoms with Crippen LogP contribution in [0.4, 0.5) is 0 Å². The molecule has 6 heteroatoms. The second-order valence-corrected chi connectivity index (χ2v) is 4.11. The molecule has 0 fully saturated rings. The highest BCUT2D eigenvalue weighted by Crippen LogP contribution is 2.15. The number of rotatable bonds is 4. The molecule has 0 radical (unpaired) electrons. The largest absolute Gasteiger partial charge is 0.484 e. The Hall–Kier alpha value is -1.75. The van der Waals surface area contributed by atoms with Crippen molar-refractivity contribution in [2.75, 3.05) is 12.5 Å². The lowest BCUT2D eigenvalue weighted by Gasteiger charge is -2.09. The first-order valence-electron chi connectivity index (χ1n) is 5.36. The molecule has 0 aliphatic heterocycles. The van der Waals surface area contributed by atoms with Gasteiger partial charge in [0.05, 0.1) is 0 Å². The highest BCUT2D eigenvalue weighted by Gasteiger charge is 2.05. The Morgan fingerprint density at radius 2 is 1.67 bits per heavy atom. The van der Waals surface area contributed by atoms with Gasteiger partial charge in [0.2, 0.25) is 0 Å². The Morgan fingerprint density at radius 1 is 1.11 bits per heavy atom. The van der Waals surface area contributed by atoms with Crippen LogP contribution in [-0.2, 0) is 9.59 Å². The van der Waals surface area contributed by atoms with E-state index in [0.717, 1.165) is 11.1 Å². The van der Waals surface area contributed by atoms with Crippen LogP contribution in [0, 0.1) is 13.8 Å². The van der Waals surface area contributed by atoms with Gasteiger partial charge in [0.1, 0.15) is 11.6 Å². The first-order valence-corrected chi connectivity index (χ1v) is 5.89. The van der Waals surface area contributed by atoms with Crippen LogP contribution in [0.1, 0.15) is 11.1 Å². The zero-order valence-corrected chi connectivity index (χ0v) is 11.0. The van der Waals surface area contributed by atoms with Gasteiger partial charge in [-0.2, -0.15) is 0 Å². The number of benzene rings is 1. The molecular formula is C12H15ClN2O3. The molecule has 2 amide bonds. The van der Waals surface area contributed by atoms with Crippen molar-refractivity contribution < 1.29 is 14.3 Å². The van der Waals surface area contributed by atoms with Crippen molar-refractivity contribution >= 4 is 23.4 Å². The number of aryl methyl sites for hydroxylation is 2. The number of hydrogen-bond acceptors (Lipinski definition) is 3. The minimum absolute atomic E-state index is 0.175. The van der Waals surface area contributed by atoms with Gasteiger partial charge in [-0.05, 0) is 37.1 Å². The smallest absolute Gasteiger partial charge is 0.276 e. The summed E-state index contributed by atoms with van der Waals surface area (Å²) in [5.41, 5.74) is 6.44. The predicted octanol–water partition coefficient (Wildman–Crippen LogP) is 1.07. The number of nitrogens with one attached hydrogen (secondary N) is 2. The summed E-state index contributed by atoms with van der Waals surface area (Å²) >= 11 is 5.25. The third kappa shape index (κ3) is 5.05.